The molecule has 0 saturated heterocycles. The topological polar surface area (TPSA) is 55.8 Å². The van der Waals surface area contributed by atoms with E-state index in [1.165, 1.54) is 7.11 Å². The zero-order valence-corrected chi connectivity index (χ0v) is 7.66. The van der Waals surface area contributed by atoms with E-state index in [9.17, 15) is 4.79 Å². The molecule has 0 aromatic carbocycles. The van der Waals surface area contributed by atoms with Crippen molar-refractivity contribution < 1.29 is 19.4 Å². The summed E-state index contributed by atoms with van der Waals surface area (Å²) >= 11 is 0. The van der Waals surface area contributed by atoms with Gasteiger partial charge in [-0.05, 0) is 24.8 Å². The van der Waals surface area contributed by atoms with Gasteiger partial charge in [-0.2, -0.15) is 0 Å². The van der Waals surface area contributed by atoms with Crippen LogP contribution in [0.3, 0.4) is 0 Å². The van der Waals surface area contributed by atoms with Gasteiger partial charge < -0.3 is 14.6 Å². The summed E-state index contributed by atoms with van der Waals surface area (Å²) in [5, 5.41) is 8.95. The number of hydrogen-bond acceptors (Lipinski definition) is 4. The second-order valence-corrected chi connectivity index (χ2v) is 2.93. The number of ether oxygens (including phenoxy) is 2. The molecule has 74 valence electrons. The molecule has 1 N–H and O–H groups in total. The van der Waals surface area contributed by atoms with Crippen molar-refractivity contribution in [2.75, 3.05) is 13.7 Å². The number of aliphatic hydroxyl groups excluding tert-OH is 1. The minimum Gasteiger partial charge on any atom is -0.438 e. The molecule has 1 unspecified atom stereocenters. The van der Waals surface area contributed by atoms with Crippen molar-refractivity contribution in [2.24, 2.45) is 0 Å². The van der Waals surface area contributed by atoms with Gasteiger partial charge in [-0.15, -0.1) is 0 Å². The van der Waals surface area contributed by atoms with E-state index in [1.54, 1.807) is 0 Å². The number of hydrogen-bond donors (Lipinski definition) is 1. The molecule has 0 radical (unpaired) electrons. The van der Waals surface area contributed by atoms with Gasteiger partial charge in [-0.25, -0.2) is 4.79 Å². The number of methoxy groups -OCH3 is 1. The Labute approximate surface area is 77.1 Å². The van der Waals surface area contributed by atoms with Crippen molar-refractivity contribution in [1.29, 1.82) is 0 Å². The van der Waals surface area contributed by atoms with E-state index in [0.29, 0.717) is 0 Å². The molecule has 1 aliphatic rings. The molecule has 13 heavy (non-hydrogen) atoms. The second kappa shape index (κ2) is 4.87. The minimum absolute atomic E-state index is 0.0539. The minimum atomic E-state index is -0.689. The molecule has 0 aromatic heterocycles. The fraction of sp³-hybridized carbons (Fsp3) is 0.667. The molecule has 0 aromatic rings. The van der Waals surface area contributed by atoms with E-state index >= 15 is 0 Å². The molecule has 0 aliphatic heterocycles. The normalized spacial score (nSPS) is 22.0. The molecule has 0 saturated carbocycles. The van der Waals surface area contributed by atoms with Gasteiger partial charge in [0.25, 0.3) is 0 Å². The standard InChI is InChI=1S/C9H14O4/c1-12-9(11)13-8-5-3-2-4-7(8)6-10/h4,8,10H,2-3,5-6H2,1H3. The zero-order chi connectivity index (χ0) is 9.68. The fourth-order valence-electron chi connectivity index (χ4n) is 1.37. The average Bonchev–Trinajstić information content (AvgIpc) is 2.18. The van der Waals surface area contributed by atoms with Gasteiger partial charge in [0.05, 0.1) is 13.7 Å². The second-order valence-electron chi connectivity index (χ2n) is 2.93. The van der Waals surface area contributed by atoms with Crippen LogP contribution in [0.2, 0.25) is 0 Å². The molecule has 4 nitrogen and oxygen atoms in total. The van der Waals surface area contributed by atoms with Gasteiger partial charge in [0, 0.05) is 0 Å². The molecule has 0 bridgehead atoms. The Morgan fingerprint density at radius 3 is 3.15 bits per heavy atom. The third-order valence-corrected chi connectivity index (χ3v) is 2.08. The van der Waals surface area contributed by atoms with E-state index < -0.39 is 6.16 Å². The number of rotatable bonds is 2. The van der Waals surface area contributed by atoms with E-state index in [2.05, 4.69) is 4.74 Å². The molecule has 0 heterocycles. The van der Waals surface area contributed by atoms with Gasteiger partial charge in [-0.1, -0.05) is 6.08 Å². The molecule has 1 atom stereocenters. The molecule has 1 aliphatic carbocycles. The summed E-state index contributed by atoms with van der Waals surface area (Å²) < 4.78 is 9.33. The predicted octanol–water partition coefficient (Wildman–Crippen LogP) is 1.24. The first-order valence-electron chi connectivity index (χ1n) is 4.32. The number of aliphatic hydroxyl groups is 1. The predicted molar refractivity (Wildman–Crippen MR) is 46.3 cm³/mol. The first-order chi connectivity index (χ1) is 6.27. The van der Waals surface area contributed by atoms with Crippen LogP contribution in [0.4, 0.5) is 4.79 Å². The van der Waals surface area contributed by atoms with Crippen molar-refractivity contribution in [3.8, 4) is 0 Å². The summed E-state index contributed by atoms with van der Waals surface area (Å²) in [6.07, 6.45) is 3.61. The first-order valence-corrected chi connectivity index (χ1v) is 4.32. The third-order valence-electron chi connectivity index (χ3n) is 2.08. The average molecular weight is 186 g/mol. The lowest BCUT2D eigenvalue weighted by molar-refractivity contribution is 0.0405. The van der Waals surface area contributed by atoms with Gasteiger partial charge in [-0.3, -0.25) is 0 Å². The van der Waals surface area contributed by atoms with Crippen LogP contribution in [0.5, 0.6) is 0 Å². The Morgan fingerprint density at radius 2 is 2.54 bits per heavy atom. The maximum Gasteiger partial charge on any atom is 0.508 e. The molecule has 0 fully saturated rings. The Morgan fingerprint density at radius 1 is 1.77 bits per heavy atom. The van der Waals surface area contributed by atoms with Crippen molar-refractivity contribution in [1.82, 2.24) is 0 Å². The Bertz CT molecular complexity index is 210. The van der Waals surface area contributed by atoms with Gasteiger partial charge in [0.1, 0.15) is 6.10 Å². The third kappa shape index (κ3) is 2.73. The highest BCUT2D eigenvalue weighted by Crippen LogP contribution is 2.21. The lowest BCUT2D eigenvalue weighted by Crippen LogP contribution is -2.24. The molecular formula is C9H14O4. The van der Waals surface area contributed by atoms with Crippen LogP contribution in [-0.4, -0.2) is 31.1 Å². The summed E-state index contributed by atoms with van der Waals surface area (Å²) in [5.74, 6) is 0. The maximum absolute atomic E-state index is 10.8. The van der Waals surface area contributed by atoms with Crippen molar-refractivity contribution in [2.45, 2.75) is 25.4 Å². The molecular weight excluding hydrogens is 172 g/mol. The van der Waals surface area contributed by atoms with Crippen LogP contribution in [-0.2, 0) is 9.47 Å². The number of carbonyl (C=O) groups is 1. The highest BCUT2D eigenvalue weighted by Gasteiger charge is 2.21. The van der Waals surface area contributed by atoms with E-state index in [1.807, 2.05) is 6.08 Å². The van der Waals surface area contributed by atoms with Crippen molar-refractivity contribution in [3.05, 3.63) is 11.6 Å². The van der Waals surface area contributed by atoms with Crippen LogP contribution >= 0.6 is 0 Å². The smallest absolute Gasteiger partial charge is 0.438 e. The Hall–Kier alpha value is -1.03. The summed E-state index contributed by atoms with van der Waals surface area (Å²) in [5.41, 5.74) is 0.775. The molecule has 4 heteroatoms. The summed E-state index contributed by atoms with van der Waals surface area (Å²) in [4.78, 5) is 10.8. The Kier molecular flexibility index (Phi) is 3.76. The van der Waals surface area contributed by atoms with Crippen LogP contribution in [0.1, 0.15) is 19.3 Å². The van der Waals surface area contributed by atoms with Gasteiger partial charge in [0.15, 0.2) is 0 Å². The lowest BCUT2D eigenvalue weighted by Gasteiger charge is -2.22. The Balaban J connectivity index is 2.52. The zero-order valence-electron chi connectivity index (χ0n) is 7.66. The maximum atomic E-state index is 10.8. The molecule has 1 rings (SSSR count). The molecule has 0 spiro atoms. The number of allylic oxidation sites excluding steroid dienone is 1. The van der Waals surface area contributed by atoms with Crippen molar-refractivity contribution >= 4 is 6.16 Å². The van der Waals surface area contributed by atoms with Gasteiger partial charge >= 0.3 is 6.16 Å². The monoisotopic (exact) mass is 186 g/mol. The lowest BCUT2D eigenvalue weighted by atomic mass is 9.97. The van der Waals surface area contributed by atoms with Crippen LogP contribution in [0.15, 0.2) is 11.6 Å². The largest absolute Gasteiger partial charge is 0.508 e. The van der Waals surface area contributed by atoms with Crippen LogP contribution in [0, 0.1) is 0 Å². The van der Waals surface area contributed by atoms with E-state index in [-0.39, 0.29) is 12.7 Å². The first kappa shape index (κ1) is 10.1. The van der Waals surface area contributed by atoms with Crippen LogP contribution in [0.25, 0.3) is 0 Å². The van der Waals surface area contributed by atoms with E-state index in [0.717, 1.165) is 24.8 Å². The van der Waals surface area contributed by atoms with Crippen LogP contribution < -0.4 is 0 Å². The SMILES string of the molecule is COC(=O)OC1CCCC=C1CO. The highest BCUT2D eigenvalue weighted by molar-refractivity contribution is 5.60. The quantitative estimate of drug-likeness (QED) is 0.520. The summed E-state index contributed by atoms with van der Waals surface area (Å²) in [6.45, 7) is -0.0539. The molecule has 0 amide bonds. The summed E-state index contributed by atoms with van der Waals surface area (Å²) in [6, 6.07) is 0. The number of carbonyl (C=O) groups excluding carboxylic acids is 1. The fourth-order valence-corrected chi connectivity index (χ4v) is 1.37. The van der Waals surface area contributed by atoms with Crippen molar-refractivity contribution in [3.63, 3.8) is 0 Å². The summed E-state index contributed by atoms with van der Waals surface area (Å²) in [7, 11) is 1.27. The highest BCUT2D eigenvalue weighted by atomic mass is 16.7. The van der Waals surface area contributed by atoms with E-state index in [4.69, 9.17) is 9.84 Å². The van der Waals surface area contributed by atoms with Gasteiger partial charge in [0.2, 0.25) is 0 Å².